The summed E-state index contributed by atoms with van der Waals surface area (Å²) in [6.45, 7) is 1.53. The molecule has 92 valence electrons. The fourth-order valence-corrected chi connectivity index (χ4v) is 3.04. The van der Waals surface area contributed by atoms with Crippen molar-refractivity contribution in [2.75, 3.05) is 5.73 Å². The first-order valence-corrected chi connectivity index (χ1v) is 7.01. The summed E-state index contributed by atoms with van der Waals surface area (Å²) >= 11 is 5.04. The molecule has 2 aromatic carbocycles. The molecule has 0 aliphatic heterocycles. The molecule has 2 nitrogen and oxygen atoms in total. The van der Waals surface area contributed by atoms with E-state index in [1.54, 1.807) is 17.8 Å². The number of anilines is 1. The third-order valence-corrected chi connectivity index (χ3v) is 3.91. The second kappa shape index (κ2) is 5.59. The average molecular weight is 322 g/mol. The van der Waals surface area contributed by atoms with Gasteiger partial charge in [0.15, 0.2) is 5.78 Å². The summed E-state index contributed by atoms with van der Waals surface area (Å²) in [4.78, 5) is 13.5. The van der Waals surface area contributed by atoms with Crippen LogP contribution < -0.4 is 5.73 Å². The van der Waals surface area contributed by atoms with E-state index in [1.807, 2.05) is 36.4 Å². The maximum atomic E-state index is 11.4. The van der Waals surface area contributed by atoms with Gasteiger partial charge in [0.2, 0.25) is 0 Å². The lowest BCUT2D eigenvalue weighted by Gasteiger charge is -2.06. The molecular formula is C14H12BrNOS. The summed E-state index contributed by atoms with van der Waals surface area (Å²) < 4.78 is 1.04. The largest absolute Gasteiger partial charge is 0.398 e. The minimum absolute atomic E-state index is 0.0100. The molecule has 18 heavy (non-hydrogen) atoms. The summed E-state index contributed by atoms with van der Waals surface area (Å²) in [5.41, 5.74) is 6.88. The zero-order valence-corrected chi connectivity index (χ0v) is 12.2. The van der Waals surface area contributed by atoms with E-state index >= 15 is 0 Å². The van der Waals surface area contributed by atoms with E-state index in [2.05, 4.69) is 15.9 Å². The minimum Gasteiger partial charge on any atom is -0.398 e. The first kappa shape index (κ1) is 13.2. The van der Waals surface area contributed by atoms with Crippen molar-refractivity contribution in [2.24, 2.45) is 0 Å². The maximum Gasteiger partial charge on any atom is 0.161 e. The smallest absolute Gasteiger partial charge is 0.161 e. The van der Waals surface area contributed by atoms with Gasteiger partial charge in [-0.15, -0.1) is 0 Å². The lowest BCUT2D eigenvalue weighted by molar-refractivity contribution is 0.101. The Labute approximate surface area is 119 Å². The summed E-state index contributed by atoms with van der Waals surface area (Å²) in [5.74, 6) is -0.0100. The third kappa shape index (κ3) is 3.15. The third-order valence-electron chi connectivity index (χ3n) is 2.44. The zero-order chi connectivity index (χ0) is 13.1. The van der Waals surface area contributed by atoms with Gasteiger partial charge in [0.25, 0.3) is 0 Å². The molecule has 0 heterocycles. The average Bonchev–Trinajstić information content (AvgIpc) is 2.31. The highest BCUT2D eigenvalue weighted by Crippen LogP contribution is 2.31. The SMILES string of the molecule is CC(=O)c1cc(Sc2cccc(Br)c2)ccc1N. The first-order chi connectivity index (χ1) is 8.56. The minimum atomic E-state index is -0.0100. The molecule has 0 amide bonds. The number of Topliss-reactive ketones (excluding diaryl/α,β-unsaturated/α-hetero) is 1. The van der Waals surface area contributed by atoms with Crippen molar-refractivity contribution in [3.8, 4) is 0 Å². The van der Waals surface area contributed by atoms with Gasteiger partial charge in [-0.3, -0.25) is 4.79 Å². The number of hydrogen-bond acceptors (Lipinski definition) is 3. The Kier molecular flexibility index (Phi) is 4.09. The number of ketones is 1. The van der Waals surface area contributed by atoms with Crippen molar-refractivity contribution < 1.29 is 4.79 Å². The van der Waals surface area contributed by atoms with Crippen molar-refractivity contribution in [1.29, 1.82) is 0 Å². The van der Waals surface area contributed by atoms with Crippen LogP contribution in [0.3, 0.4) is 0 Å². The molecule has 2 aromatic rings. The summed E-state index contributed by atoms with van der Waals surface area (Å²) in [5, 5.41) is 0. The molecule has 0 saturated heterocycles. The Hall–Kier alpha value is -1.26. The van der Waals surface area contributed by atoms with E-state index < -0.39 is 0 Å². The Morgan fingerprint density at radius 1 is 1.17 bits per heavy atom. The van der Waals surface area contributed by atoms with E-state index in [4.69, 9.17) is 5.73 Å². The molecule has 0 aliphatic carbocycles. The van der Waals surface area contributed by atoms with Crippen molar-refractivity contribution >= 4 is 39.2 Å². The quantitative estimate of drug-likeness (QED) is 0.673. The zero-order valence-electron chi connectivity index (χ0n) is 9.81. The second-order valence-electron chi connectivity index (χ2n) is 3.86. The van der Waals surface area contributed by atoms with Gasteiger partial charge < -0.3 is 5.73 Å². The van der Waals surface area contributed by atoms with Gasteiger partial charge in [-0.2, -0.15) is 0 Å². The van der Waals surface area contributed by atoms with E-state index in [1.165, 1.54) is 6.92 Å². The molecule has 0 unspecified atom stereocenters. The van der Waals surface area contributed by atoms with Crippen LogP contribution in [0.25, 0.3) is 0 Å². The van der Waals surface area contributed by atoms with Crippen LogP contribution >= 0.6 is 27.7 Å². The van der Waals surface area contributed by atoms with Crippen LogP contribution in [-0.2, 0) is 0 Å². The van der Waals surface area contributed by atoms with Gasteiger partial charge in [0.1, 0.15) is 0 Å². The summed E-state index contributed by atoms with van der Waals surface area (Å²) in [6.07, 6.45) is 0. The molecule has 2 N–H and O–H groups in total. The Morgan fingerprint density at radius 3 is 2.56 bits per heavy atom. The Morgan fingerprint density at radius 2 is 1.89 bits per heavy atom. The lowest BCUT2D eigenvalue weighted by Crippen LogP contribution is -1.99. The second-order valence-corrected chi connectivity index (χ2v) is 5.93. The number of hydrogen-bond donors (Lipinski definition) is 1. The van der Waals surface area contributed by atoms with Crippen LogP contribution in [0.15, 0.2) is 56.7 Å². The molecule has 0 atom stereocenters. The number of carbonyl (C=O) groups is 1. The number of carbonyl (C=O) groups excluding carboxylic acids is 1. The lowest BCUT2D eigenvalue weighted by atomic mass is 10.1. The number of nitrogen functional groups attached to an aromatic ring is 1. The van der Waals surface area contributed by atoms with Crippen LogP contribution in [0.5, 0.6) is 0 Å². The Bertz CT molecular complexity index is 598. The van der Waals surface area contributed by atoms with Crippen molar-refractivity contribution in [3.05, 3.63) is 52.5 Å². The van der Waals surface area contributed by atoms with Crippen LogP contribution in [0.2, 0.25) is 0 Å². The molecule has 2 rings (SSSR count). The molecule has 0 saturated carbocycles. The maximum absolute atomic E-state index is 11.4. The molecule has 0 fully saturated rings. The Balaban J connectivity index is 2.30. The number of halogens is 1. The van der Waals surface area contributed by atoms with Gasteiger partial charge in [-0.05, 0) is 43.3 Å². The highest BCUT2D eigenvalue weighted by molar-refractivity contribution is 9.10. The highest BCUT2D eigenvalue weighted by atomic mass is 79.9. The van der Waals surface area contributed by atoms with Crippen molar-refractivity contribution in [3.63, 3.8) is 0 Å². The molecule has 0 aromatic heterocycles. The van der Waals surface area contributed by atoms with Crippen LogP contribution in [0.4, 0.5) is 5.69 Å². The predicted octanol–water partition coefficient (Wildman–Crippen LogP) is 4.39. The first-order valence-electron chi connectivity index (χ1n) is 5.40. The van der Waals surface area contributed by atoms with Gasteiger partial charge in [-0.1, -0.05) is 33.8 Å². The number of rotatable bonds is 3. The normalized spacial score (nSPS) is 10.3. The van der Waals surface area contributed by atoms with Crippen LogP contribution in [0, 0.1) is 0 Å². The van der Waals surface area contributed by atoms with E-state index in [0.29, 0.717) is 11.3 Å². The number of benzene rings is 2. The van der Waals surface area contributed by atoms with Gasteiger partial charge in [0, 0.05) is 25.5 Å². The van der Waals surface area contributed by atoms with Crippen molar-refractivity contribution in [2.45, 2.75) is 16.7 Å². The topological polar surface area (TPSA) is 43.1 Å². The number of nitrogens with two attached hydrogens (primary N) is 1. The molecule has 4 heteroatoms. The predicted molar refractivity (Wildman–Crippen MR) is 79.1 cm³/mol. The van der Waals surface area contributed by atoms with Crippen molar-refractivity contribution in [1.82, 2.24) is 0 Å². The fourth-order valence-electron chi connectivity index (χ4n) is 1.57. The fraction of sp³-hybridized carbons (Fsp3) is 0.0714. The van der Waals surface area contributed by atoms with Crippen LogP contribution in [-0.4, -0.2) is 5.78 Å². The highest BCUT2D eigenvalue weighted by Gasteiger charge is 2.06. The van der Waals surface area contributed by atoms with E-state index in [-0.39, 0.29) is 5.78 Å². The molecular weight excluding hydrogens is 310 g/mol. The summed E-state index contributed by atoms with van der Waals surface area (Å²) in [6, 6.07) is 13.6. The van der Waals surface area contributed by atoms with Gasteiger partial charge in [0.05, 0.1) is 0 Å². The van der Waals surface area contributed by atoms with Crippen LogP contribution in [0.1, 0.15) is 17.3 Å². The van der Waals surface area contributed by atoms with E-state index in [9.17, 15) is 4.79 Å². The monoisotopic (exact) mass is 321 g/mol. The van der Waals surface area contributed by atoms with Gasteiger partial charge in [-0.25, -0.2) is 0 Å². The molecule has 0 aliphatic rings. The van der Waals surface area contributed by atoms with E-state index in [0.717, 1.165) is 14.3 Å². The molecule has 0 radical (unpaired) electrons. The molecule has 0 bridgehead atoms. The standard InChI is InChI=1S/C14H12BrNOS/c1-9(17)13-8-12(5-6-14(13)16)18-11-4-2-3-10(15)7-11/h2-8H,16H2,1H3. The summed E-state index contributed by atoms with van der Waals surface area (Å²) in [7, 11) is 0. The molecule has 0 spiro atoms. The van der Waals surface area contributed by atoms with Gasteiger partial charge >= 0.3 is 0 Å².